The maximum atomic E-state index is 6.00. The van der Waals surface area contributed by atoms with Crippen LogP contribution in [0.4, 0.5) is 17.5 Å². The van der Waals surface area contributed by atoms with E-state index in [2.05, 4.69) is 25.6 Å². The highest BCUT2D eigenvalue weighted by atomic mass is 35.5. The van der Waals surface area contributed by atoms with Gasteiger partial charge in [-0.05, 0) is 30.3 Å². The Morgan fingerprint density at radius 3 is 2.55 bits per heavy atom. The van der Waals surface area contributed by atoms with Crippen molar-refractivity contribution in [2.45, 2.75) is 0 Å². The van der Waals surface area contributed by atoms with Crippen LogP contribution in [-0.4, -0.2) is 22.0 Å². The third-order valence-corrected chi connectivity index (χ3v) is 3.26. The van der Waals surface area contributed by atoms with Gasteiger partial charge in [-0.3, -0.25) is 4.98 Å². The van der Waals surface area contributed by atoms with Crippen LogP contribution in [-0.2, 0) is 0 Å². The van der Waals surface area contributed by atoms with E-state index in [9.17, 15) is 0 Å². The average Bonchev–Trinajstić information content (AvgIpc) is 2.55. The minimum absolute atomic E-state index is 0.541. The molecule has 3 aromatic rings. The van der Waals surface area contributed by atoms with Crippen molar-refractivity contribution in [3.8, 4) is 11.3 Å². The van der Waals surface area contributed by atoms with E-state index < -0.39 is 0 Å². The van der Waals surface area contributed by atoms with Crippen molar-refractivity contribution in [1.82, 2.24) is 15.0 Å². The number of nitrogens with zero attached hydrogens (tertiary/aromatic N) is 3. The molecule has 5 nitrogen and oxygen atoms in total. The van der Waals surface area contributed by atoms with Gasteiger partial charge >= 0.3 is 0 Å². The molecule has 6 heteroatoms. The van der Waals surface area contributed by atoms with E-state index in [0.29, 0.717) is 16.8 Å². The van der Waals surface area contributed by atoms with Gasteiger partial charge in [-0.25, -0.2) is 4.98 Å². The fraction of sp³-hybridized carbons (Fsp3) is 0.0625. The zero-order chi connectivity index (χ0) is 15.4. The van der Waals surface area contributed by atoms with Gasteiger partial charge in [0, 0.05) is 41.8 Å². The molecule has 110 valence electrons. The smallest absolute Gasteiger partial charge is 0.224 e. The SMILES string of the molecule is CNc1nc(Nc2cccc(Cl)c2)cc(-c2ccncc2)n1. The second kappa shape index (κ2) is 6.41. The molecule has 0 spiro atoms. The first kappa shape index (κ1) is 14.3. The molecule has 0 radical (unpaired) electrons. The summed E-state index contributed by atoms with van der Waals surface area (Å²) >= 11 is 6.00. The Morgan fingerprint density at radius 2 is 1.82 bits per heavy atom. The lowest BCUT2D eigenvalue weighted by atomic mass is 10.2. The minimum Gasteiger partial charge on any atom is -0.357 e. The number of hydrogen-bond donors (Lipinski definition) is 2. The van der Waals surface area contributed by atoms with E-state index in [1.165, 1.54) is 0 Å². The van der Waals surface area contributed by atoms with Crippen LogP contribution in [0.3, 0.4) is 0 Å². The summed E-state index contributed by atoms with van der Waals surface area (Å²) < 4.78 is 0. The average molecular weight is 312 g/mol. The summed E-state index contributed by atoms with van der Waals surface area (Å²) in [7, 11) is 1.79. The topological polar surface area (TPSA) is 62.7 Å². The maximum Gasteiger partial charge on any atom is 0.224 e. The summed E-state index contributed by atoms with van der Waals surface area (Å²) in [5.41, 5.74) is 2.66. The van der Waals surface area contributed by atoms with Gasteiger partial charge in [0.25, 0.3) is 0 Å². The number of nitrogens with one attached hydrogen (secondary N) is 2. The van der Waals surface area contributed by atoms with Crippen LogP contribution in [0.1, 0.15) is 0 Å². The van der Waals surface area contributed by atoms with Crippen LogP contribution in [0, 0.1) is 0 Å². The highest BCUT2D eigenvalue weighted by molar-refractivity contribution is 6.30. The van der Waals surface area contributed by atoms with Crippen LogP contribution >= 0.6 is 11.6 Å². The first-order valence-electron chi connectivity index (χ1n) is 6.74. The molecule has 0 amide bonds. The van der Waals surface area contributed by atoms with Crippen molar-refractivity contribution in [1.29, 1.82) is 0 Å². The zero-order valence-electron chi connectivity index (χ0n) is 11.9. The van der Waals surface area contributed by atoms with Gasteiger partial charge < -0.3 is 10.6 Å². The summed E-state index contributed by atoms with van der Waals surface area (Å²) in [6, 6.07) is 13.2. The van der Waals surface area contributed by atoms with Crippen LogP contribution in [0.25, 0.3) is 11.3 Å². The number of pyridine rings is 1. The van der Waals surface area contributed by atoms with Crippen molar-refractivity contribution < 1.29 is 0 Å². The lowest BCUT2D eigenvalue weighted by molar-refractivity contribution is 1.15. The second-order valence-electron chi connectivity index (χ2n) is 4.58. The molecule has 0 aliphatic carbocycles. The minimum atomic E-state index is 0.541. The molecule has 1 aromatic carbocycles. The highest BCUT2D eigenvalue weighted by Crippen LogP contribution is 2.24. The van der Waals surface area contributed by atoms with Crippen molar-refractivity contribution in [3.05, 3.63) is 59.9 Å². The molecule has 0 saturated carbocycles. The van der Waals surface area contributed by atoms with E-state index >= 15 is 0 Å². The van der Waals surface area contributed by atoms with E-state index in [-0.39, 0.29) is 0 Å². The van der Waals surface area contributed by atoms with Gasteiger partial charge in [-0.2, -0.15) is 4.98 Å². The summed E-state index contributed by atoms with van der Waals surface area (Å²) in [5, 5.41) is 6.88. The molecule has 0 aliphatic heterocycles. The first-order valence-corrected chi connectivity index (χ1v) is 7.12. The molecule has 22 heavy (non-hydrogen) atoms. The number of halogens is 1. The zero-order valence-corrected chi connectivity index (χ0v) is 12.7. The Balaban J connectivity index is 1.97. The molecule has 0 unspecified atom stereocenters. The largest absolute Gasteiger partial charge is 0.357 e. The summed E-state index contributed by atoms with van der Waals surface area (Å²) in [5.74, 6) is 1.23. The van der Waals surface area contributed by atoms with E-state index in [0.717, 1.165) is 16.9 Å². The third-order valence-electron chi connectivity index (χ3n) is 3.02. The lowest BCUT2D eigenvalue weighted by Gasteiger charge is -2.10. The van der Waals surface area contributed by atoms with Crippen LogP contribution < -0.4 is 10.6 Å². The predicted octanol–water partition coefficient (Wildman–Crippen LogP) is 3.98. The van der Waals surface area contributed by atoms with Gasteiger partial charge in [0.2, 0.25) is 5.95 Å². The van der Waals surface area contributed by atoms with Crippen molar-refractivity contribution >= 4 is 29.1 Å². The monoisotopic (exact) mass is 311 g/mol. The van der Waals surface area contributed by atoms with Gasteiger partial charge in [0.1, 0.15) is 5.82 Å². The Bertz CT molecular complexity index is 776. The van der Waals surface area contributed by atoms with Gasteiger partial charge in [-0.1, -0.05) is 17.7 Å². The van der Waals surface area contributed by atoms with Gasteiger partial charge in [-0.15, -0.1) is 0 Å². The van der Waals surface area contributed by atoms with Gasteiger partial charge in [0.15, 0.2) is 0 Å². The molecule has 0 fully saturated rings. The van der Waals surface area contributed by atoms with Crippen molar-refractivity contribution in [3.63, 3.8) is 0 Å². The Kier molecular flexibility index (Phi) is 4.16. The lowest BCUT2D eigenvalue weighted by Crippen LogP contribution is -2.02. The molecule has 0 saturated heterocycles. The normalized spacial score (nSPS) is 10.3. The molecule has 2 aromatic heterocycles. The maximum absolute atomic E-state index is 6.00. The van der Waals surface area contributed by atoms with Crippen LogP contribution in [0.15, 0.2) is 54.9 Å². The fourth-order valence-electron chi connectivity index (χ4n) is 2.01. The molecule has 0 atom stereocenters. The molecule has 0 aliphatic rings. The van der Waals surface area contributed by atoms with E-state index in [1.54, 1.807) is 19.4 Å². The first-order chi connectivity index (χ1) is 10.7. The second-order valence-corrected chi connectivity index (χ2v) is 5.02. The van der Waals surface area contributed by atoms with Crippen molar-refractivity contribution in [2.75, 3.05) is 17.7 Å². The Morgan fingerprint density at radius 1 is 1.00 bits per heavy atom. The number of anilines is 3. The van der Waals surface area contributed by atoms with Gasteiger partial charge in [0.05, 0.1) is 5.69 Å². The summed E-state index contributed by atoms with van der Waals surface area (Å²) in [6.45, 7) is 0. The number of benzene rings is 1. The summed E-state index contributed by atoms with van der Waals surface area (Å²) in [4.78, 5) is 12.9. The Hall–Kier alpha value is -2.66. The van der Waals surface area contributed by atoms with E-state index in [4.69, 9.17) is 11.6 Å². The highest BCUT2D eigenvalue weighted by Gasteiger charge is 2.06. The number of rotatable bonds is 4. The fourth-order valence-corrected chi connectivity index (χ4v) is 2.20. The van der Waals surface area contributed by atoms with Crippen LogP contribution in [0.5, 0.6) is 0 Å². The molecule has 2 heterocycles. The predicted molar refractivity (Wildman–Crippen MR) is 89.5 cm³/mol. The third kappa shape index (κ3) is 3.32. The van der Waals surface area contributed by atoms with E-state index in [1.807, 2.05) is 42.5 Å². The molecular formula is C16H14ClN5. The number of aromatic nitrogens is 3. The van der Waals surface area contributed by atoms with Crippen molar-refractivity contribution in [2.24, 2.45) is 0 Å². The summed E-state index contributed by atoms with van der Waals surface area (Å²) in [6.07, 6.45) is 3.47. The number of hydrogen-bond acceptors (Lipinski definition) is 5. The Labute approximate surface area is 133 Å². The van der Waals surface area contributed by atoms with Crippen LogP contribution in [0.2, 0.25) is 5.02 Å². The quantitative estimate of drug-likeness (QED) is 0.763. The molecule has 3 rings (SSSR count). The molecular weight excluding hydrogens is 298 g/mol. The molecule has 2 N–H and O–H groups in total. The molecule has 0 bridgehead atoms. The standard InChI is InChI=1S/C16H14ClN5/c1-18-16-21-14(11-5-7-19-8-6-11)10-15(22-16)20-13-4-2-3-12(17)9-13/h2-10H,1H3,(H2,18,20,21,22).